The molecule has 0 fully saturated rings. The number of aromatic amines is 1. The molecule has 1 aromatic rings. The highest BCUT2D eigenvalue weighted by atomic mass is 16.4. The van der Waals surface area contributed by atoms with Crippen LogP contribution in [0.2, 0.25) is 0 Å². The van der Waals surface area contributed by atoms with E-state index in [1.165, 1.54) is 0 Å². The number of hydrogen-bond donors (Lipinski definition) is 3. The molecule has 1 aromatic heterocycles. The number of aromatic carboxylic acids is 1. The minimum atomic E-state index is -1.05. The normalized spacial score (nSPS) is 11.4. The van der Waals surface area contributed by atoms with E-state index in [4.69, 9.17) is 5.11 Å². The lowest BCUT2D eigenvalue weighted by atomic mass is 9.96. The molecule has 1 amide bonds. The van der Waals surface area contributed by atoms with Gasteiger partial charge in [0.15, 0.2) is 0 Å². The predicted molar refractivity (Wildman–Crippen MR) is 69.0 cm³/mol. The van der Waals surface area contributed by atoms with Gasteiger partial charge in [0.05, 0.1) is 5.56 Å². The Balaban J connectivity index is 2.97. The number of carbonyl (C=O) groups is 2. The molecule has 3 N–H and O–H groups in total. The summed E-state index contributed by atoms with van der Waals surface area (Å²) in [5.74, 6) is -1.28. The zero-order chi connectivity index (χ0) is 14.1. The molecule has 0 aliphatic rings. The maximum Gasteiger partial charge on any atom is 0.352 e. The summed E-state index contributed by atoms with van der Waals surface area (Å²) in [6.45, 7) is 9.94. The highest BCUT2D eigenvalue weighted by Crippen LogP contribution is 2.18. The summed E-state index contributed by atoms with van der Waals surface area (Å²) in [4.78, 5) is 25.7. The van der Waals surface area contributed by atoms with Gasteiger partial charge < -0.3 is 15.4 Å². The van der Waals surface area contributed by atoms with Crippen LogP contribution in [0.1, 0.15) is 52.9 Å². The molecular weight excluding hydrogens is 232 g/mol. The first kappa shape index (κ1) is 14.3. The molecule has 0 saturated heterocycles. The van der Waals surface area contributed by atoms with Crippen molar-refractivity contribution in [3.05, 3.63) is 22.5 Å². The van der Waals surface area contributed by atoms with Crippen LogP contribution in [0, 0.1) is 19.3 Å². The molecule has 100 valence electrons. The number of carboxylic acid groups (broad SMARTS) is 1. The second kappa shape index (κ2) is 4.84. The first-order chi connectivity index (χ1) is 8.13. The Labute approximate surface area is 107 Å². The number of nitrogens with one attached hydrogen (secondary N) is 2. The number of aromatic nitrogens is 1. The molecule has 1 rings (SSSR count). The molecule has 0 spiro atoms. The Hall–Kier alpha value is -1.78. The lowest BCUT2D eigenvalue weighted by Gasteiger charge is -2.18. The van der Waals surface area contributed by atoms with Crippen LogP contribution in [0.4, 0.5) is 0 Å². The van der Waals surface area contributed by atoms with E-state index in [-0.39, 0.29) is 17.0 Å². The molecular formula is C13H20N2O3. The Bertz CT molecular complexity index is 481. The summed E-state index contributed by atoms with van der Waals surface area (Å²) in [6.07, 6.45) is 0. The SMILES string of the molecule is Cc1[nH]c(C(=O)O)c(C)c1C(=O)NCC(C)(C)C. The minimum absolute atomic E-state index is 0.0105. The van der Waals surface area contributed by atoms with E-state index in [0.29, 0.717) is 23.4 Å². The molecule has 0 atom stereocenters. The van der Waals surface area contributed by atoms with Crippen molar-refractivity contribution in [3.63, 3.8) is 0 Å². The standard InChI is InChI=1S/C13H20N2O3/c1-7-9(8(2)15-10(7)12(17)18)11(16)14-6-13(3,4)5/h15H,6H2,1-5H3,(H,14,16)(H,17,18). The second-order valence-electron chi connectivity index (χ2n) is 5.67. The highest BCUT2D eigenvalue weighted by molar-refractivity contribution is 6.00. The van der Waals surface area contributed by atoms with Gasteiger partial charge in [-0.2, -0.15) is 0 Å². The summed E-state index contributed by atoms with van der Waals surface area (Å²) in [6, 6.07) is 0. The zero-order valence-electron chi connectivity index (χ0n) is 11.5. The number of rotatable bonds is 3. The maximum atomic E-state index is 12.0. The van der Waals surface area contributed by atoms with Crippen LogP contribution < -0.4 is 5.32 Å². The van der Waals surface area contributed by atoms with Crippen LogP contribution in [0.3, 0.4) is 0 Å². The number of aryl methyl sites for hydroxylation is 1. The average molecular weight is 252 g/mol. The van der Waals surface area contributed by atoms with Gasteiger partial charge in [0.25, 0.3) is 5.91 Å². The molecule has 0 radical (unpaired) electrons. The summed E-state index contributed by atoms with van der Waals surface area (Å²) in [5.41, 5.74) is 1.55. The van der Waals surface area contributed by atoms with Crippen LogP contribution in [0.15, 0.2) is 0 Å². The van der Waals surface area contributed by atoms with Crippen molar-refractivity contribution in [2.45, 2.75) is 34.6 Å². The Morgan fingerprint density at radius 2 is 1.83 bits per heavy atom. The van der Waals surface area contributed by atoms with E-state index in [1.807, 2.05) is 20.8 Å². The smallest absolute Gasteiger partial charge is 0.352 e. The minimum Gasteiger partial charge on any atom is -0.477 e. The van der Waals surface area contributed by atoms with Crippen molar-refractivity contribution in [2.24, 2.45) is 5.41 Å². The summed E-state index contributed by atoms with van der Waals surface area (Å²) >= 11 is 0. The number of hydrogen-bond acceptors (Lipinski definition) is 2. The van der Waals surface area contributed by atoms with E-state index >= 15 is 0 Å². The number of amides is 1. The van der Waals surface area contributed by atoms with Gasteiger partial charge >= 0.3 is 5.97 Å². The van der Waals surface area contributed by atoms with Crippen molar-refractivity contribution in [2.75, 3.05) is 6.54 Å². The van der Waals surface area contributed by atoms with Gasteiger partial charge in [-0.1, -0.05) is 20.8 Å². The van der Waals surface area contributed by atoms with Gasteiger partial charge in [-0.3, -0.25) is 4.79 Å². The van der Waals surface area contributed by atoms with Crippen LogP contribution in [0.25, 0.3) is 0 Å². The van der Waals surface area contributed by atoms with E-state index < -0.39 is 5.97 Å². The lowest BCUT2D eigenvalue weighted by molar-refractivity contribution is 0.0690. The monoisotopic (exact) mass is 252 g/mol. The maximum absolute atomic E-state index is 12.0. The van der Waals surface area contributed by atoms with E-state index in [2.05, 4.69) is 10.3 Å². The predicted octanol–water partition coefficient (Wildman–Crippen LogP) is 2.11. The molecule has 1 heterocycles. The number of H-pyrrole nitrogens is 1. The molecule has 18 heavy (non-hydrogen) atoms. The molecule has 0 bridgehead atoms. The summed E-state index contributed by atoms with van der Waals surface area (Å²) in [7, 11) is 0. The Morgan fingerprint density at radius 3 is 2.22 bits per heavy atom. The second-order valence-corrected chi connectivity index (χ2v) is 5.67. The Morgan fingerprint density at radius 1 is 1.28 bits per heavy atom. The number of carboxylic acids is 1. The average Bonchev–Trinajstić information content (AvgIpc) is 2.50. The van der Waals surface area contributed by atoms with Gasteiger partial charge in [0.1, 0.15) is 5.69 Å². The first-order valence-corrected chi connectivity index (χ1v) is 5.84. The fraction of sp³-hybridized carbons (Fsp3) is 0.538. The molecule has 0 aliphatic carbocycles. The van der Waals surface area contributed by atoms with Crippen molar-refractivity contribution in [1.29, 1.82) is 0 Å². The molecule has 0 unspecified atom stereocenters. The fourth-order valence-corrected chi connectivity index (χ4v) is 1.74. The quantitative estimate of drug-likeness (QED) is 0.770. The van der Waals surface area contributed by atoms with Crippen LogP contribution in [-0.2, 0) is 0 Å². The van der Waals surface area contributed by atoms with E-state index in [9.17, 15) is 9.59 Å². The largest absolute Gasteiger partial charge is 0.477 e. The number of carbonyl (C=O) groups excluding carboxylic acids is 1. The summed E-state index contributed by atoms with van der Waals surface area (Å²) in [5, 5.41) is 11.8. The van der Waals surface area contributed by atoms with Gasteiger partial charge in [0, 0.05) is 12.2 Å². The van der Waals surface area contributed by atoms with Crippen molar-refractivity contribution >= 4 is 11.9 Å². The lowest BCUT2D eigenvalue weighted by Crippen LogP contribution is -2.32. The van der Waals surface area contributed by atoms with Crippen LogP contribution >= 0.6 is 0 Å². The third-order valence-corrected chi connectivity index (χ3v) is 2.66. The van der Waals surface area contributed by atoms with E-state index in [1.54, 1.807) is 13.8 Å². The van der Waals surface area contributed by atoms with Gasteiger partial charge in [-0.25, -0.2) is 4.79 Å². The molecule has 0 aliphatic heterocycles. The highest BCUT2D eigenvalue weighted by Gasteiger charge is 2.22. The van der Waals surface area contributed by atoms with Crippen LogP contribution in [-0.4, -0.2) is 28.5 Å². The molecule has 0 saturated carbocycles. The topological polar surface area (TPSA) is 82.2 Å². The van der Waals surface area contributed by atoms with Gasteiger partial charge in [-0.05, 0) is 24.8 Å². The van der Waals surface area contributed by atoms with Crippen molar-refractivity contribution in [3.8, 4) is 0 Å². The third-order valence-electron chi connectivity index (χ3n) is 2.66. The van der Waals surface area contributed by atoms with Gasteiger partial charge in [0.2, 0.25) is 0 Å². The first-order valence-electron chi connectivity index (χ1n) is 5.84. The van der Waals surface area contributed by atoms with Crippen molar-refractivity contribution in [1.82, 2.24) is 10.3 Å². The fourth-order valence-electron chi connectivity index (χ4n) is 1.74. The molecule has 0 aromatic carbocycles. The molecule has 5 heteroatoms. The molecule has 5 nitrogen and oxygen atoms in total. The van der Waals surface area contributed by atoms with E-state index in [0.717, 1.165) is 0 Å². The third kappa shape index (κ3) is 3.12. The summed E-state index contributed by atoms with van der Waals surface area (Å²) < 4.78 is 0. The Kier molecular flexibility index (Phi) is 3.84. The zero-order valence-corrected chi connectivity index (χ0v) is 11.5. The van der Waals surface area contributed by atoms with Crippen LogP contribution in [0.5, 0.6) is 0 Å². The van der Waals surface area contributed by atoms with Crippen molar-refractivity contribution < 1.29 is 14.7 Å². The van der Waals surface area contributed by atoms with Gasteiger partial charge in [-0.15, -0.1) is 0 Å².